The lowest BCUT2D eigenvalue weighted by atomic mass is 9.99. The molecule has 1 saturated heterocycles. The Balaban J connectivity index is 3.78. The lowest BCUT2D eigenvalue weighted by Crippen LogP contribution is -2.66. The smallest absolute Gasteiger partial charge is 0.401 e. The molecule has 0 saturated carbocycles. The van der Waals surface area contributed by atoms with Crippen molar-refractivity contribution in [2.75, 3.05) is 26.2 Å². The number of aliphatic carboxylic acids is 1. The van der Waals surface area contributed by atoms with Crippen molar-refractivity contribution in [1.82, 2.24) is 47.9 Å². The Hall–Kier alpha value is -5.75. The number of carbonyl (C=O) groups excluding carboxylic acids is 9. The van der Waals surface area contributed by atoms with Crippen molar-refractivity contribution in [3.8, 4) is 0 Å². The minimum Gasteiger partial charge on any atom is -0.479 e. The van der Waals surface area contributed by atoms with Gasteiger partial charge in [-0.1, -0.05) is 13.8 Å². The summed E-state index contributed by atoms with van der Waals surface area (Å²) in [5.41, 5.74) is 5.03. The molecule has 1 rings (SSSR count). The van der Waals surface area contributed by atoms with Crippen molar-refractivity contribution in [1.29, 1.82) is 0 Å². The van der Waals surface area contributed by atoms with Gasteiger partial charge in [-0.15, -0.1) is 0 Å². The second kappa shape index (κ2) is 23.1. The van der Waals surface area contributed by atoms with Gasteiger partial charge in [0.1, 0.15) is 42.4 Å². The fraction of sp³-hybridized carbons (Fsp3) is 0.677. The summed E-state index contributed by atoms with van der Waals surface area (Å²) in [4.78, 5) is 129. The fourth-order valence-electron chi connectivity index (χ4n) is 4.86. The molecule has 26 nitrogen and oxygen atoms in total. The van der Waals surface area contributed by atoms with Crippen LogP contribution in [-0.2, 0) is 47.9 Å². The Labute approximate surface area is 337 Å². The minimum atomic E-state index is -4.75. The number of carbonyl (C=O) groups is 10. The molecule has 340 valence electrons. The summed E-state index contributed by atoms with van der Waals surface area (Å²) < 4.78 is 38.0. The van der Waals surface area contributed by atoms with Gasteiger partial charge in [0.25, 0.3) is 11.8 Å². The summed E-state index contributed by atoms with van der Waals surface area (Å²) in [5, 5.41) is 78.4. The standard InChI is InChI=1S/C31H49F3N10O16/c1-9(2)15-27(56)43-17(19(48)20(49)21(35)50)28(57)42-16(11(4)46)26(55)37-6-14(47)25(54)44-18(30(59)60)29(58)39-12(23(52)40-13(7-45)24(53)41-15)5-36-22(51)10(3)38-8-31(32,33)34/h9-20,38,45-49H,5-8H2,1-4H3,(H2,35,50)(H,36,51)(H,37,55)(H,39,58)(H,40,52)(H,41,53)(H,42,57)(H,43,56)(H,44,54)(H,59,60)/t10?,11-,12+,13+,14+,15+,16+,17?,18?,19?,20?/m1/s1. The number of nitrogens with one attached hydrogen (secondary N) is 9. The number of hydrogen-bond donors (Lipinski definition) is 16. The molecular formula is C31H49F3N10O16. The van der Waals surface area contributed by atoms with Crippen LogP contribution in [-0.4, -0.2) is 189 Å². The van der Waals surface area contributed by atoms with Crippen LogP contribution in [0.4, 0.5) is 13.2 Å². The van der Waals surface area contributed by atoms with Crippen LogP contribution < -0.4 is 53.6 Å². The first kappa shape index (κ1) is 52.3. The van der Waals surface area contributed by atoms with Crippen molar-refractivity contribution in [2.45, 2.75) is 101 Å². The number of nitrogens with two attached hydrogens (primary N) is 1. The molecule has 0 aromatic carbocycles. The van der Waals surface area contributed by atoms with Gasteiger partial charge in [0.15, 0.2) is 6.10 Å². The number of aliphatic hydroxyl groups excluding tert-OH is 5. The van der Waals surface area contributed by atoms with Crippen LogP contribution in [0.15, 0.2) is 0 Å². The van der Waals surface area contributed by atoms with Crippen LogP contribution in [0.2, 0.25) is 0 Å². The van der Waals surface area contributed by atoms with Crippen molar-refractivity contribution in [3.63, 3.8) is 0 Å². The molecule has 1 fully saturated rings. The van der Waals surface area contributed by atoms with E-state index in [2.05, 4.69) is 5.32 Å². The van der Waals surface area contributed by atoms with Crippen LogP contribution in [0.25, 0.3) is 0 Å². The molecule has 17 N–H and O–H groups in total. The van der Waals surface area contributed by atoms with Gasteiger partial charge in [-0.25, -0.2) is 4.79 Å². The first-order chi connectivity index (χ1) is 27.6. The minimum absolute atomic E-state index is 0.945. The highest BCUT2D eigenvalue weighted by molar-refractivity contribution is 6.06. The van der Waals surface area contributed by atoms with E-state index < -0.39 is 164 Å². The van der Waals surface area contributed by atoms with Gasteiger partial charge in [0, 0.05) is 6.54 Å². The van der Waals surface area contributed by atoms with E-state index in [0.717, 1.165) is 13.8 Å². The third-order valence-electron chi connectivity index (χ3n) is 8.35. The van der Waals surface area contributed by atoms with Gasteiger partial charge < -0.3 is 78.9 Å². The molecule has 0 aromatic rings. The van der Waals surface area contributed by atoms with Crippen LogP contribution in [0.3, 0.4) is 0 Å². The summed E-state index contributed by atoms with van der Waals surface area (Å²) >= 11 is 0. The number of carboxylic acid groups (broad SMARTS) is 1. The van der Waals surface area contributed by atoms with Crippen LogP contribution in [0, 0.1) is 5.92 Å². The maximum Gasteiger partial charge on any atom is 0.401 e. The molecule has 11 atom stereocenters. The SMILES string of the molecule is CC(NCC(F)(F)F)C(=O)NC[C@@H]1NC(=O)C(C(=O)O)NC(=O)[C@@H](O)CNC(=O)[C@H]([C@@H](C)O)NC(=O)C(C(O)C(O)C(N)=O)NC(=O)[C@H](C(C)C)NC(=O)[C@H](CO)NC1=O. The highest BCUT2D eigenvalue weighted by Gasteiger charge is 2.41. The van der Waals surface area contributed by atoms with E-state index in [1.807, 2.05) is 37.2 Å². The van der Waals surface area contributed by atoms with Gasteiger partial charge in [0.05, 0.1) is 31.8 Å². The molecule has 0 radical (unpaired) electrons. The van der Waals surface area contributed by atoms with Crippen molar-refractivity contribution < 1.29 is 91.8 Å². The van der Waals surface area contributed by atoms with Gasteiger partial charge in [-0.3, -0.25) is 48.5 Å². The lowest BCUT2D eigenvalue weighted by molar-refractivity contribution is -0.149. The maximum atomic E-state index is 13.5. The summed E-state index contributed by atoms with van der Waals surface area (Å²) in [6.45, 7) is -0.503. The normalized spacial score (nSPS) is 26.8. The van der Waals surface area contributed by atoms with Crippen molar-refractivity contribution >= 4 is 59.1 Å². The summed E-state index contributed by atoms with van der Waals surface area (Å²) in [6.07, 6.45) is -14.1. The number of halogens is 3. The van der Waals surface area contributed by atoms with Crippen LogP contribution in [0.1, 0.15) is 27.7 Å². The molecule has 1 aliphatic heterocycles. The van der Waals surface area contributed by atoms with Crippen molar-refractivity contribution in [2.24, 2.45) is 11.7 Å². The summed E-state index contributed by atoms with van der Waals surface area (Å²) in [5.74, 6) is -16.5. The largest absolute Gasteiger partial charge is 0.479 e. The second-order valence-electron chi connectivity index (χ2n) is 13.6. The number of aliphatic hydroxyl groups is 5. The molecule has 60 heavy (non-hydrogen) atoms. The molecular weight excluding hydrogens is 825 g/mol. The highest BCUT2D eigenvalue weighted by atomic mass is 19.4. The third kappa shape index (κ3) is 16.1. The molecule has 0 bridgehead atoms. The first-order valence-corrected chi connectivity index (χ1v) is 17.7. The van der Waals surface area contributed by atoms with E-state index >= 15 is 0 Å². The van der Waals surface area contributed by atoms with Crippen molar-refractivity contribution in [3.05, 3.63) is 0 Å². The third-order valence-corrected chi connectivity index (χ3v) is 8.35. The fourth-order valence-corrected chi connectivity index (χ4v) is 4.86. The highest BCUT2D eigenvalue weighted by Crippen LogP contribution is 2.13. The van der Waals surface area contributed by atoms with E-state index in [-0.39, 0.29) is 0 Å². The van der Waals surface area contributed by atoms with E-state index in [0.29, 0.717) is 0 Å². The molecule has 9 amide bonds. The lowest BCUT2D eigenvalue weighted by Gasteiger charge is -2.31. The summed E-state index contributed by atoms with van der Waals surface area (Å²) in [6, 6.07) is -14.7. The number of carboxylic acids is 1. The zero-order valence-electron chi connectivity index (χ0n) is 32.2. The Morgan fingerprint density at radius 2 is 1.27 bits per heavy atom. The molecule has 1 heterocycles. The number of hydrogen-bond acceptors (Lipinski definition) is 16. The molecule has 0 spiro atoms. The zero-order chi connectivity index (χ0) is 46.4. The van der Waals surface area contributed by atoms with Crippen LogP contribution >= 0.6 is 0 Å². The molecule has 1 aliphatic rings. The molecule has 0 aromatic heterocycles. The monoisotopic (exact) mass is 874 g/mol. The van der Waals surface area contributed by atoms with E-state index in [4.69, 9.17) is 5.73 Å². The Kier molecular flexibility index (Phi) is 20.2. The Bertz CT molecular complexity index is 1620. The average Bonchev–Trinajstić information content (AvgIpc) is 3.15. The zero-order valence-corrected chi connectivity index (χ0v) is 32.2. The number of alkyl halides is 3. The van der Waals surface area contributed by atoms with E-state index in [1.165, 1.54) is 13.8 Å². The number of β-amino-alcohol motifs (C(OH)–C–C–N with tert-alkyl or cyclic N) is 1. The number of primary amides is 1. The summed E-state index contributed by atoms with van der Waals surface area (Å²) in [7, 11) is 0. The van der Waals surface area contributed by atoms with Gasteiger partial charge in [0.2, 0.25) is 47.4 Å². The predicted octanol–water partition coefficient (Wildman–Crippen LogP) is -9.64. The molecule has 29 heteroatoms. The second-order valence-corrected chi connectivity index (χ2v) is 13.6. The first-order valence-electron chi connectivity index (χ1n) is 17.7. The Morgan fingerprint density at radius 1 is 0.750 bits per heavy atom. The number of rotatable bonds is 12. The topological polar surface area (TPSA) is 426 Å². The van der Waals surface area contributed by atoms with Gasteiger partial charge in [-0.2, -0.15) is 13.2 Å². The van der Waals surface area contributed by atoms with E-state index in [9.17, 15) is 91.8 Å². The quantitative estimate of drug-likeness (QED) is 0.0810. The molecule has 5 unspecified atom stereocenters. The average molecular weight is 875 g/mol. The van der Waals surface area contributed by atoms with Gasteiger partial charge >= 0.3 is 12.1 Å². The number of amides is 9. The maximum absolute atomic E-state index is 13.5. The molecule has 0 aliphatic carbocycles. The Morgan fingerprint density at radius 3 is 1.77 bits per heavy atom. The predicted molar refractivity (Wildman–Crippen MR) is 190 cm³/mol. The van der Waals surface area contributed by atoms with Crippen LogP contribution in [0.5, 0.6) is 0 Å². The van der Waals surface area contributed by atoms with E-state index in [1.54, 1.807) is 5.32 Å². The van der Waals surface area contributed by atoms with Gasteiger partial charge in [-0.05, 0) is 19.8 Å².